The van der Waals surface area contributed by atoms with E-state index >= 15 is 0 Å². The van der Waals surface area contributed by atoms with Crippen LogP contribution >= 0.6 is 0 Å². The summed E-state index contributed by atoms with van der Waals surface area (Å²) in [5.41, 5.74) is -0.0833. The molecule has 0 bridgehead atoms. The van der Waals surface area contributed by atoms with Gasteiger partial charge in [0, 0.05) is 0 Å². The second kappa shape index (κ2) is 2.43. The molecule has 0 rings (SSSR count). The molecule has 0 fully saturated rings. The van der Waals surface area contributed by atoms with Gasteiger partial charge < -0.3 is 0 Å². The molecule has 24 valence electrons. The Kier molecular flexibility index (Phi) is 1.05. The maximum atomic E-state index is 7.62. The molecule has 0 saturated heterocycles. The van der Waals surface area contributed by atoms with E-state index in [-0.39, 0.29) is 5.47 Å². The second-order valence-corrected chi connectivity index (χ2v) is 0.245. The summed E-state index contributed by atoms with van der Waals surface area (Å²) in [6.45, 7) is 0. The first-order valence-electron chi connectivity index (χ1n) is 1.19. The molecule has 3 nitrogen and oxygen atoms in total. The van der Waals surface area contributed by atoms with Crippen molar-refractivity contribution in [1.82, 2.24) is 5.47 Å². The van der Waals surface area contributed by atoms with Crippen LogP contribution in [0.4, 0.5) is 0 Å². The molecule has 0 atom stereocenters. The van der Waals surface area contributed by atoms with Gasteiger partial charge in [-0.3, -0.25) is 16.1 Å². The van der Waals surface area contributed by atoms with E-state index in [9.17, 15) is 0 Å². The van der Waals surface area contributed by atoms with Crippen molar-refractivity contribution in [2.24, 2.45) is 0 Å². The van der Waals surface area contributed by atoms with Crippen LogP contribution in [-0.4, -0.2) is 11.5 Å². The molecule has 0 aromatic rings. The Morgan fingerprint density at radius 1 is 2.50 bits per heavy atom. The predicted octanol–water partition coefficient (Wildman–Crippen LogP) is -0.428. The number of nitrogens with one attached hydrogen (secondary N) is 2. The van der Waals surface area contributed by atoms with Gasteiger partial charge in [-0.1, -0.05) is 0 Å². The van der Waals surface area contributed by atoms with Crippen molar-refractivity contribution in [2.75, 3.05) is 0 Å². The summed E-state index contributed by atoms with van der Waals surface area (Å²) in [6.07, 6.45) is 0.472. The number of hydroxylamine groups is 1. The summed E-state index contributed by atoms with van der Waals surface area (Å²) in [7, 11) is 0. The lowest BCUT2D eigenvalue weighted by molar-refractivity contribution is 0.239. The molecule has 0 aromatic carbocycles. The van der Waals surface area contributed by atoms with E-state index in [1.807, 2.05) is 0 Å². The fourth-order valence-corrected chi connectivity index (χ4v) is 0. The van der Waals surface area contributed by atoms with E-state index in [1.165, 1.54) is 0 Å². The van der Waals surface area contributed by atoms with Gasteiger partial charge in [-0.05, 0) is 0 Å². The molecule has 0 aliphatic carbocycles. The molecule has 3 N–H and O–H groups in total. The number of rotatable bonds is 1. The minimum Gasteiger partial charge on any atom is -0.290 e. The van der Waals surface area contributed by atoms with Crippen LogP contribution in [0.3, 0.4) is 0 Å². The van der Waals surface area contributed by atoms with Gasteiger partial charge in [-0.15, -0.1) is 0 Å². The van der Waals surface area contributed by atoms with Gasteiger partial charge in [0.15, 0.2) is 1.41 Å². The average molecular weight is 61.1 g/mol. The van der Waals surface area contributed by atoms with Gasteiger partial charge >= 0.3 is 0 Å². The number of hydrogen-bond acceptors (Lipinski definition) is 2. The fraction of sp³-hybridized carbons (Fsp3) is 0. The normalized spacial score (nSPS) is 8.75. The first-order valence-corrected chi connectivity index (χ1v) is 0.747. The van der Waals surface area contributed by atoms with Crippen LogP contribution in [0.15, 0.2) is 0 Å². The highest BCUT2D eigenvalue weighted by atomic mass is 16.5. The van der Waals surface area contributed by atoms with Crippen molar-refractivity contribution in [3.8, 4) is 0 Å². The zero-order valence-electron chi connectivity index (χ0n) is 2.97. The summed E-state index contributed by atoms with van der Waals surface area (Å²) < 4.78 is 5.97. The summed E-state index contributed by atoms with van der Waals surface area (Å²) in [4.78, 5) is 0. The third kappa shape index (κ3) is 1.43. The maximum Gasteiger partial charge on any atom is 0.196 e. The highest BCUT2D eigenvalue weighted by Gasteiger charge is 1.37. The van der Waals surface area contributed by atoms with E-state index in [0.717, 1.165) is 0 Å². The summed E-state index contributed by atoms with van der Waals surface area (Å²) >= 11 is 0. The summed E-state index contributed by atoms with van der Waals surface area (Å²) in [6, 6.07) is 0. The molecule has 0 spiro atoms. The van der Waals surface area contributed by atoms with Crippen LogP contribution < -0.4 is 5.47 Å². The van der Waals surface area contributed by atoms with Gasteiger partial charge in [-0.25, -0.2) is 0 Å². The minimum absolute atomic E-state index is 0.0833. The van der Waals surface area contributed by atoms with Gasteiger partial charge in [0.25, 0.3) is 0 Å². The number of hydrogen-bond donors (Lipinski definition) is 3. The molecule has 0 heterocycles. The third-order valence-corrected chi connectivity index (χ3v) is 0.0577. The monoisotopic (exact) mass is 61.0 g/mol. The Labute approximate surface area is 25.2 Å². The van der Waals surface area contributed by atoms with Crippen molar-refractivity contribution in [2.45, 2.75) is 0 Å². The van der Waals surface area contributed by atoms with Crippen LogP contribution in [0.1, 0.15) is 0 Å². The molecule has 0 aliphatic rings. The van der Waals surface area contributed by atoms with Gasteiger partial charge in [-0.2, -0.15) is 0 Å². The zero-order chi connectivity index (χ0) is 4.28. The van der Waals surface area contributed by atoms with Gasteiger partial charge in [0.1, 0.15) is 6.34 Å². The molecule has 0 radical (unpaired) electrons. The topological polar surface area (TPSA) is 56.1 Å². The van der Waals surface area contributed by atoms with Crippen LogP contribution in [-0.2, 0) is 0 Å². The first kappa shape index (κ1) is 1.72. The lowest BCUT2D eigenvalue weighted by Crippen LogP contribution is -1.98. The van der Waals surface area contributed by atoms with Crippen molar-refractivity contribution in [1.29, 1.82) is 5.41 Å². The third-order valence-electron chi connectivity index (χ3n) is 0.0577. The van der Waals surface area contributed by atoms with Crippen molar-refractivity contribution < 1.29 is 6.62 Å². The van der Waals surface area contributed by atoms with Gasteiger partial charge in [0.2, 0.25) is 0 Å². The quantitative estimate of drug-likeness (QED) is 0.219. The SMILES string of the molecule is [2H]N(O)C=N. The lowest BCUT2D eigenvalue weighted by atomic mass is 11.4. The lowest BCUT2D eigenvalue weighted by Gasteiger charge is -1.68. The van der Waals surface area contributed by atoms with Crippen LogP contribution in [0.5, 0.6) is 0 Å². The molecular formula is CH4N2O. The molecular weight excluding hydrogens is 56.0 g/mol. The Bertz CT molecular complexity index is 36.6. The standard InChI is InChI=1S/CH4N2O/c2-1-3-4/h1,4H,(H2,2,3)/i/hD. The maximum absolute atomic E-state index is 7.62. The Hall–Kier alpha value is -0.570. The van der Waals surface area contributed by atoms with E-state index < -0.39 is 0 Å². The van der Waals surface area contributed by atoms with E-state index in [1.54, 1.807) is 0 Å². The molecule has 0 saturated carbocycles. The van der Waals surface area contributed by atoms with E-state index in [2.05, 4.69) is 0 Å². The summed E-state index contributed by atoms with van der Waals surface area (Å²) in [5.74, 6) is 0. The Balaban J connectivity index is 2.83. The van der Waals surface area contributed by atoms with E-state index in [4.69, 9.17) is 12.0 Å². The van der Waals surface area contributed by atoms with Crippen molar-refractivity contribution in [3.63, 3.8) is 0 Å². The Morgan fingerprint density at radius 3 is 2.75 bits per heavy atom. The van der Waals surface area contributed by atoms with Crippen molar-refractivity contribution >= 4 is 6.34 Å². The molecule has 0 aliphatic heterocycles. The fourth-order valence-electron chi connectivity index (χ4n) is 0. The molecule has 3 heteroatoms. The van der Waals surface area contributed by atoms with Crippen LogP contribution in [0, 0.1) is 5.41 Å². The second-order valence-electron chi connectivity index (χ2n) is 0.245. The predicted molar refractivity (Wildman–Crippen MR) is 13.7 cm³/mol. The van der Waals surface area contributed by atoms with E-state index in [0.29, 0.717) is 6.34 Å². The molecule has 4 heavy (non-hydrogen) atoms. The highest BCUT2D eigenvalue weighted by molar-refractivity contribution is 5.47. The molecule has 0 amide bonds. The Morgan fingerprint density at radius 2 is 2.75 bits per heavy atom. The minimum atomic E-state index is -0.0833. The van der Waals surface area contributed by atoms with Crippen LogP contribution in [0.25, 0.3) is 0 Å². The van der Waals surface area contributed by atoms with Crippen LogP contribution in [0.2, 0.25) is 1.41 Å². The van der Waals surface area contributed by atoms with Crippen molar-refractivity contribution in [3.05, 3.63) is 0 Å². The average Bonchev–Trinajstić information content (AvgIpc) is 1.38. The first-order chi connectivity index (χ1) is 2.27. The molecule has 0 aromatic heterocycles. The van der Waals surface area contributed by atoms with Gasteiger partial charge in [0.05, 0.1) is 0 Å². The zero-order valence-corrected chi connectivity index (χ0v) is 1.97. The highest BCUT2D eigenvalue weighted by Crippen LogP contribution is 1.11. The summed E-state index contributed by atoms with van der Waals surface area (Å²) in [5, 5.41) is 13.6. The smallest absolute Gasteiger partial charge is 0.196 e. The largest absolute Gasteiger partial charge is 0.290 e. The molecule has 0 unspecified atom stereocenters.